The number of carbonyl (C=O) groups excluding carboxylic acids is 4. The maximum absolute atomic E-state index is 13.1. The van der Waals surface area contributed by atoms with Gasteiger partial charge in [-0.2, -0.15) is 9.97 Å². The summed E-state index contributed by atoms with van der Waals surface area (Å²) in [5, 5.41) is 32.7. The molecule has 27 nitrogen and oxygen atoms in total. The Hall–Kier alpha value is -10.4. The summed E-state index contributed by atoms with van der Waals surface area (Å²) in [6.45, 7) is 33.5. The number of aromatic amines is 6. The summed E-state index contributed by atoms with van der Waals surface area (Å²) >= 11 is 1.40. The molecule has 4 aromatic carbocycles. The number of benzene rings is 4. The topological polar surface area (TPSA) is 304 Å². The minimum atomic E-state index is -0.120. The molecule has 12 heterocycles. The number of piperazine rings is 4. The number of nitrogens with one attached hydrogen (secondary N) is 7. The number of hydrogen-bond donors (Lipinski definition) is 7. The number of para-hydroxylation sites is 4. The number of amides is 1. The molecule has 0 aliphatic carbocycles. The minimum Gasteiger partial charge on any atom is -0.420 e. The Morgan fingerprint density at radius 3 is 1.12 bits per heavy atom. The number of unbranched alkanes of at least 4 members (excludes halogenated alkanes) is 4. The monoisotopic (exact) mass is 1760 g/mol. The van der Waals surface area contributed by atoms with Crippen molar-refractivity contribution < 1.29 is 23.6 Å². The van der Waals surface area contributed by atoms with Crippen LogP contribution in [0.25, 0.3) is 43.6 Å². The van der Waals surface area contributed by atoms with Gasteiger partial charge >= 0.3 is 0 Å². The fourth-order valence-electron chi connectivity index (χ4n) is 19.0. The van der Waals surface area contributed by atoms with Crippen molar-refractivity contribution >= 4 is 101 Å². The zero-order valence-corrected chi connectivity index (χ0v) is 79.6. The van der Waals surface area contributed by atoms with Crippen molar-refractivity contribution in [1.82, 2.24) is 90.4 Å². The zero-order chi connectivity index (χ0) is 90.7. The zero-order valence-electron chi connectivity index (χ0n) is 78.8. The van der Waals surface area contributed by atoms with Crippen LogP contribution in [0.5, 0.6) is 0 Å². The summed E-state index contributed by atoms with van der Waals surface area (Å²) in [4.78, 5) is 97.8. The summed E-state index contributed by atoms with van der Waals surface area (Å²) in [5.74, 6) is 3.36. The first kappa shape index (κ1) is 95.2. The third-order valence-corrected chi connectivity index (χ3v) is 28.6. The molecular formula is C100H142N22O5S. The number of fused-ring (bicyclic) bond motifs is 4. The SMILES string of the molecule is CCCCC(CC(=O)c1cnc(N2C[C@@H](C)N(C)[C@@H](C)C2)o1)Cc1c[nH]c2ccccc12.CCCCC(CC(=O)c1nc(N2C[C@@H](C)N(C)[C@@H](C)C2)n[nH]1)Cc1c[nH]c2ccccc12.CCCCC(CC(=O)c1nc(N2C[C@@H](C)N(C)[C@H](C)C2)n[nH]1)Cc1c[nH]c2ccccc12.CCCCC(Cc1c[nH]c2ccccc12)NC(=O)c1nnc(N2C[C@@H](C)N(C)[C@H](C)C2)s1. The summed E-state index contributed by atoms with van der Waals surface area (Å²) in [5.41, 5.74) is 9.68. The number of likely N-dealkylation sites (N-methyl/N-ethyl adjacent to an activating group) is 4. The second kappa shape index (κ2) is 45.2. The van der Waals surface area contributed by atoms with Crippen LogP contribution in [-0.4, -0.2) is 243 Å². The van der Waals surface area contributed by atoms with Crippen molar-refractivity contribution in [2.45, 2.75) is 259 Å². The van der Waals surface area contributed by atoms with Crippen molar-refractivity contribution in [2.75, 3.05) is 100 Å². The number of rotatable bonds is 35. The van der Waals surface area contributed by atoms with Gasteiger partial charge in [0.05, 0.1) is 6.20 Å². The van der Waals surface area contributed by atoms with E-state index in [-0.39, 0.29) is 29.3 Å². The van der Waals surface area contributed by atoms with Crippen molar-refractivity contribution in [3.05, 3.63) is 173 Å². The summed E-state index contributed by atoms with van der Waals surface area (Å²) in [7, 11) is 8.63. The molecule has 7 N–H and O–H groups in total. The van der Waals surface area contributed by atoms with Crippen LogP contribution < -0.4 is 24.9 Å². The lowest BCUT2D eigenvalue weighted by Crippen LogP contribution is -2.55. The van der Waals surface area contributed by atoms with Crippen LogP contribution in [0.3, 0.4) is 0 Å². The van der Waals surface area contributed by atoms with Gasteiger partial charge in [0.25, 0.3) is 11.9 Å². The molecular weight excluding hydrogens is 1620 g/mol. The van der Waals surface area contributed by atoms with Gasteiger partial charge in [-0.3, -0.25) is 49.0 Å². The van der Waals surface area contributed by atoms with Gasteiger partial charge in [-0.15, -0.1) is 20.4 Å². The molecule has 12 aromatic rings. The Labute approximate surface area is 760 Å². The minimum absolute atomic E-state index is 0.0555. The molecule has 128 heavy (non-hydrogen) atoms. The summed E-state index contributed by atoms with van der Waals surface area (Å²) < 4.78 is 5.97. The number of aromatic nitrogens is 13. The number of nitrogens with zero attached hydrogens (tertiary/aromatic N) is 15. The number of H-pyrrole nitrogens is 6. The molecule has 4 aliphatic heterocycles. The molecule has 4 aliphatic rings. The highest BCUT2D eigenvalue weighted by Crippen LogP contribution is 2.34. The second-order valence-corrected chi connectivity index (χ2v) is 38.4. The van der Waals surface area contributed by atoms with Crippen molar-refractivity contribution in [2.24, 2.45) is 17.8 Å². The Morgan fingerprint density at radius 2 is 0.750 bits per heavy atom. The van der Waals surface area contributed by atoms with Crippen molar-refractivity contribution in [3.63, 3.8) is 0 Å². The van der Waals surface area contributed by atoms with Crippen molar-refractivity contribution in [1.29, 1.82) is 0 Å². The third-order valence-electron chi connectivity index (χ3n) is 27.7. The Kier molecular flexibility index (Phi) is 33.6. The van der Waals surface area contributed by atoms with E-state index >= 15 is 0 Å². The van der Waals surface area contributed by atoms with E-state index in [0.29, 0.717) is 126 Å². The van der Waals surface area contributed by atoms with Crippen molar-refractivity contribution in [3.8, 4) is 0 Å². The van der Waals surface area contributed by atoms with E-state index in [1.807, 2.05) is 24.3 Å². The van der Waals surface area contributed by atoms with Crippen LogP contribution in [0.4, 0.5) is 23.0 Å². The quantitative estimate of drug-likeness (QED) is 0.0182. The average Bonchev–Trinajstić information content (AvgIpc) is 0.929. The molecule has 4 saturated heterocycles. The van der Waals surface area contributed by atoms with Crippen LogP contribution in [-0.2, 0) is 25.7 Å². The number of anilines is 4. The number of carbonyl (C=O) groups is 4. The van der Waals surface area contributed by atoms with E-state index < -0.39 is 0 Å². The van der Waals surface area contributed by atoms with Crippen LogP contribution in [0.15, 0.2) is 132 Å². The van der Waals surface area contributed by atoms with Gasteiger partial charge < -0.3 is 49.3 Å². The standard InChI is InChI=1S/C26H36N4O2.2C25H36N6O.C24H34N6OS/c1-5-6-9-20(12-21-14-27-23-11-8-7-10-22(21)23)13-24(31)25-15-28-26(32-25)30-16-18(2)29(4)19(3)17-30;2*1-5-6-9-19(12-20-14-26-22-11-8-7-10-21(20)22)13-23(32)24-27-25(29-28-24)31-15-17(2)30(4)18(3)16-31;1-5-6-9-19(12-18-13-25-21-11-8-7-10-20(18)21)26-22(31)23-27-28-24(32-23)30-14-16(2)29(4)17(3)15-30/h7-8,10-11,14-15,18-20,27H,5-6,9,12-13,16-17H2,1-4H3;2*7-8,10-11,14,17-19,26H,5-6,9,12-13,15-16H2,1-4H3,(H,27,28,29);7-8,10-11,13,16-17,19,25H,5-6,9,12,14-15H2,1-4H3,(H,26,31)/t18-,19+,20?;17-,18+,19?;17-,18-,19?;16-,17-,19?/m..11/s1. The number of ketones is 3. The molecule has 0 radical (unpaired) electrons. The highest BCUT2D eigenvalue weighted by molar-refractivity contribution is 7.17. The van der Waals surface area contributed by atoms with Crippen LogP contribution >= 0.6 is 11.3 Å². The number of oxazole rings is 1. The predicted octanol–water partition coefficient (Wildman–Crippen LogP) is 18.3. The largest absolute Gasteiger partial charge is 0.420 e. The van der Waals surface area contributed by atoms with E-state index in [4.69, 9.17) is 4.42 Å². The third kappa shape index (κ3) is 24.4. The van der Waals surface area contributed by atoms with Gasteiger partial charge in [0, 0.05) is 194 Å². The summed E-state index contributed by atoms with van der Waals surface area (Å²) in [6, 6.07) is 37.5. The molecule has 12 atom stereocenters. The van der Waals surface area contributed by atoms with Gasteiger partial charge in [-0.25, -0.2) is 4.98 Å². The summed E-state index contributed by atoms with van der Waals surface area (Å²) in [6.07, 6.45) is 27.9. The van der Waals surface area contributed by atoms with E-state index in [0.717, 1.165) is 182 Å². The lowest BCUT2D eigenvalue weighted by atomic mass is 9.89. The molecule has 1 amide bonds. The first-order chi connectivity index (χ1) is 61.8. The highest BCUT2D eigenvalue weighted by Gasteiger charge is 2.35. The van der Waals surface area contributed by atoms with E-state index in [1.165, 1.54) is 55.1 Å². The first-order valence-corrected chi connectivity index (χ1v) is 48.3. The molecule has 8 aromatic heterocycles. The van der Waals surface area contributed by atoms with Gasteiger partial charge in [-0.05, 0) is 199 Å². The average molecular weight is 1760 g/mol. The van der Waals surface area contributed by atoms with E-state index in [9.17, 15) is 19.2 Å². The molecule has 688 valence electrons. The normalized spacial score (nSPS) is 20.7. The smallest absolute Gasteiger partial charge is 0.297 e. The Balaban J connectivity index is 0.000000146. The molecule has 0 saturated carbocycles. The van der Waals surface area contributed by atoms with Crippen LogP contribution in [0.1, 0.15) is 243 Å². The highest BCUT2D eigenvalue weighted by atomic mass is 32.1. The fraction of sp³-hybridized carbons (Fsp3) is 0.550. The maximum Gasteiger partial charge on any atom is 0.297 e. The second-order valence-electron chi connectivity index (χ2n) is 37.4. The van der Waals surface area contributed by atoms with E-state index in [2.05, 4.69) is 319 Å². The Morgan fingerprint density at radius 1 is 0.422 bits per heavy atom. The number of hydrogen-bond acceptors (Lipinski definition) is 21. The lowest BCUT2D eigenvalue weighted by Gasteiger charge is -2.42. The molecule has 0 bridgehead atoms. The first-order valence-electron chi connectivity index (χ1n) is 47.5. The predicted molar refractivity (Wildman–Crippen MR) is 519 cm³/mol. The molecule has 16 rings (SSSR count). The van der Waals surface area contributed by atoms with Gasteiger partial charge in [0.1, 0.15) is 0 Å². The van der Waals surface area contributed by atoms with E-state index in [1.54, 1.807) is 6.20 Å². The fourth-order valence-corrected chi connectivity index (χ4v) is 19.7. The number of Topliss-reactive ketones (excluding diaryl/α,β-unsaturated/α-hetero) is 3. The Bertz CT molecular complexity index is 4780. The van der Waals surface area contributed by atoms with Gasteiger partial charge in [0.15, 0.2) is 34.8 Å². The molecule has 4 unspecified atom stereocenters. The maximum atomic E-state index is 13.1. The lowest BCUT2D eigenvalue weighted by molar-refractivity contribution is 0.0923. The van der Waals surface area contributed by atoms with Crippen LogP contribution in [0, 0.1) is 17.8 Å². The van der Waals surface area contributed by atoms with Crippen LogP contribution in [0.2, 0.25) is 0 Å². The molecule has 4 fully saturated rings. The molecule has 28 heteroatoms. The van der Waals surface area contributed by atoms with Gasteiger partial charge in [-0.1, -0.05) is 163 Å². The van der Waals surface area contributed by atoms with Gasteiger partial charge in [0.2, 0.25) is 22.0 Å². The molecule has 0 spiro atoms.